The van der Waals surface area contributed by atoms with E-state index in [4.69, 9.17) is 4.74 Å². The molecule has 0 fully saturated rings. The Balaban J connectivity index is 1.95. The first-order chi connectivity index (χ1) is 15.7. The number of para-hydroxylation sites is 1. The highest BCUT2D eigenvalue weighted by molar-refractivity contribution is 6.06. The van der Waals surface area contributed by atoms with Crippen molar-refractivity contribution in [1.29, 1.82) is 0 Å². The monoisotopic (exact) mass is 422 g/mol. The molecule has 0 unspecified atom stereocenters. The van der Waals surface area contributed by atoms with Crippen LogP contribution in [0.3, 0.4) is 0 Å². The average Bonchev–Trinajstić information content (AvgIpc) is 3.21. The number of aromatic nitrogens is 2. The predicted molar refractivity (Wildman–Crippen MR) is 126 cm³/mol. The van der Waals surface area contributed by atoms with E-state index >= 15 is 0 Å². The zero-order chi connectivity index (χ0) is 22.1. The summed E-state index contributed by atoms with van der Waals surface area (Å²) in [6, 6.07) is 28.9. The molecule has 0 radical (unpaired) electrons. The molecule has 2 heterocycles. The molecule has 0 amide bonds. The Labute approximate surface area is 185 Å². The molecule has 0 atom stereocenters. The number of hydrogen-bond donors (Lipinski definition) is 0. The highest BCUT2D eigenvalue weighted by Crippen LogP contribution is 2.30. The summed E-state index contributed by atoms with van der Waals surface area (Å²) in [5.41, 5.74) is 3.83. The lowest BCUT2D eigenvalue weighted by molar-refractivity contribution is 0.0528. The molecular formula is C27H22N2O3. The molecule has 0 saturated heterocycles. The van der Waals surface area contributed by atoms with E-state index in [2.05, 4.69) is 0 Å². The molecule has 0 aliphatic rings. The van der Waals surface area contributed by atoms with Crippen LogP contribution in [0.1, 0.15) is 22.8 Å². The third kappa shape index (κ3) is 3.28. The summed E-state index contributed by atoms with van der Waals surface area (Å²) in [7, 11) is 0. The van der Waals surface area contributed by atoms with Crippen LogP contribution in [0, 0.1) is 0 Å². The molecule has 158 valence electrons. The van der Waals surface area contributed by atoms with Crippen molar-refractivity contribution in [2.75, 3.05) is 6.61 Å². The Morgan fingerprint density at radius 1 is 0.844 bits per heavy atom. The van der Waals surface area contributed by atoms with Gasteiger partial charge in [-0.2, -0.15) is 0 Å². The zero-order valence-electron chi connectivity index (χ0n) is 17.7. The van der Waals surface area contributed by atoms with Crippen LogP contribution < -0.4 is 5.69 Å². The summed E-state index contributed by atoms with van der Waals surface area (Å²) >= 11 is 0. The fourth-order valence-corrected chi connectivity index (χ4v) is 4.23. The number of carbonyl (C=O) groups excluding carboxylic acids is 1. The van der Waals surface area contributed by atoms with Crippen LogP contribution in [0.4, 0.5) is 0 Å². The summed E-state index contributed by atoms with van der Waals surface area (Å²) in [5, 5.41) is 0.895. The van der Waals surface area contributed by atoms with Gasteiger partial charge in [-0.05, 0) is 30.2 Å². The van der Waals surface area contributed by atoms with Gasteiger partial charge in [0.05, 0.1) is 29.9 Å². The minimum absolute atomic E-state index is 0.197. The number of ether oxygens (including phenoxy) is 1. The molecule has 5 nitrogen and oxygen atoms in total. The first kappa shape index (κ1) is 19.8. The third-order valence-electron chi connectivity index (χ3n) is 5.61. The molecule has 3 aromatic carbocycles. The molecule has 0 bridgehead atoms. The first-order valence-electron chi connectivity index (χ1n) is 10.6. The molecule has 0 saturated carbocycles. The maximum absolute atomic E-state index is 13.9. The van der Waals surface area contributed by atoms with E-state index in [1.807, 2.05) is 91.0 Å². The van der Waals surface area contributed by atoms with Gasteiger partial charge in [0.2, 0.25) is 0 Å². The van der Waals surface area contributed by atoms with Crippen LogP contribution in [-0.4, -0.2) is 21.5 Å². The fraction of sp³-hybridized carbons (Fsp3) is 0.111. The van der Waals surface area contributed by atoms with Crippen LogP contribution in [0.15, 0.2) is 95.8 Å². The average molecular weight is 422 g/mol. The summed E-state index contributed by atoms with van der Waals surface area (Å²) < 4.78 is 8.77. The summed E-state index contributed by atoms with van der Waals surface area (Å²) in [4.78, 5) is 27.2. The number of rotatable bonds is 5. The van der Waals surface area contributed by atoms with Crippen LogP contribution >= 0.6 is 0 Å². The van der Waals surface area contributed by atoms with Crippen molar-refractivity contribution in [3.63, 3.8) is 0 Å². The van der Waals surface area contributed by atoms with Crippen LogP contribution in [0.2, 0.25) is 0 Å². The third-order valence-corrected chi connectivity index (χ3v) is 5.61. The highest BCUT2D eigenvalue weighted by atomic mass is 16.5. The van der Waals surface area contributed by atoms with E-state index in [9.17, 15) is 9.59 Å². The van der Waals surface area contributed by atoms with Gasteiger partial charge in [0, 0.05) is 5.39 Å². The van der Waals surface area contributed by atoms with Crippen molar-refractivity contribution in [3.8, 4) is 11.3 Å². The smallest absolute Gasteiger partial charge is 0.342 e. The van der Waals surface area contributed by atoms with Crippen molar-refractivity contribution < 1.29 is 9.53 Å². The Kier molecular flexibility index (Phi) is 5.07. The fourth-order valence-electron chi connectivity index (χ4n) is 4.23. The van der Waals surface area contributed by atoms with E-state index in [0.717, 1.165) is 22.0 Å². The van der Waals surface area contributed by atoms with Crippen molar-refractivity contribution in [2.45, 2.75) is 13.5 Å². The minimum Gasteiger partial charge on any atom is -0.462 e. The van der Waals surface area contributed by atoms with Gasteiger partial charge in [-0.25, -0.2) is 9.59 Å². The molecule has 0 aliphatic carbocycles. The van der Waals surface area contributed by atoms with Gasteiger partial charge in [-0.3, -0.25) is 8.97 Å². The minimum atomic E-state index is -0.444. The lowest BCUT2D eigenvalue weighted by atomic mass is 10.0. The van der Waals surface area contributed by atoms with Gasteiger partial charge in [0.15, 0.2) is 0 Å². The zero-order valence-corrected chi connectivity index (χ0v) is 17.7. The number of hydrogen-bond acceptors (Lipinski definition) is 3. The van der Waals surface area contributed by atoms with E-state index in [1.165, 1.54) is 0 Å². The molecule has 0 spiro atoms. The van der Waals surface area contributed by atoms with Crippen LogP contribution in [0.25, 0.3) is 27.7 Å². The normalized spacial score (nSPS) is 11.2. The van der Waals surface area contributed by atoms with E-state index in [0.29, 0.717) is 23.3 Å². The van der Waals surface area contributed by atoms with Crippen molar-refractivity contribution in [2.24, 2.45) is 0 Å². The van der Waals surface area contributed by atoms with E-state index in [-0.39, 0.29) is 12.3 Å². The summed E-state index contributed by atoms with van der Waals surface area (Å²) in [5.74, 6) is -0.444. The summed E-state index contributed by atoms with van der Waals surface area (Å²) in [6.45, 7) is 2.36. The molecule has 32 heavy (non-hydrogen) atoms. The van der Waals surface area contributed by atoms with Gasteiger partial charge >= 0.3 is 11.7 Å². The number of fused-ring (bicyclic) bond motifs is 3. The van der Waals surface area contributed by atoms with Gasteiger partial charge in [0.1, 0.15) is 5.56 Å². The Morgan fingerprint density at radius 2 is 1.50 bits per heavy atom. The Hall–Kier alpha value is -4.12. The molecule has 5 aromatic rings. The number of nitrogens with zero attached hydrogens (tertiary/aromatic N) is 2. The second kappa shape index (κ2) is 8.19. The SMILES string of the molecule is CCOC(=O)c1c(-c2ccccc2)n(Cc2ccccc2)c(=O)n2c1cc1ccccc12. The van der Waals surface area contributed by atoms with E-state index < -0.39 is 5.97 Å². The van der Waals surface area contributed by atoms with Crippen LogP contribution in [0.5, 0.6) is 0 Å². The molecule has 5 heteroatoms. The van der Waals surface area contributed by atoms with Gasteiger partial charge in [-0.15, -0.1) is 0 Å². The molecule has 0 N–H and O–H groups in total. The second-order valence-corrected chi connectivity index (χ2v) is 7.59. The van der Waals surface area contributed by atoms with Crippen molar-refractivity contribution >= 4 is 22.4 Å². The molecule has 5 rings (SSSR count). The van der Waals surface area contributed by atoms with Crippen molar-refractivity contribution in [3.05, 3.63) is 113 Å². The molecule has 0 aliphatic heterocycles. The van der Waals surface area contributed by atoms with Gasteiger partial charge in [0.25, 0.3) is 0 Å². The molecule has 2 aromatic heterocycles. The largest absolute Gasteiger partial charge is 0.462 e. The Bertz CT molecular complexity index is 1480. The van der Waals surface area contributed by atoms with Gasteiger partial charge < -0.3 is 4.74 Å². The van der Waals surface area contributed by atoms with E-state index in [1.54, 1.807) is 15.9 Å². The lowest BCUT2D eigenvalue weighted by Gasteiger charge is -2.19. The quantitative estimate of drug-likeness (QED) is 0.368. The standard InChI is InChI=1S/C27H22N2O3/c1-2-32-26(30)24-23-17-21-15-9-10-16-22(21)29(23)27(31)28(18-19-11-5-3-6-12-19)25(24)20-13-7-4-8-14-20/h3-17H,2,18H2,1H3. The number of benzene rings is 3. The topological polar surface area (TPSA) is 52.7 Å². The van der Waals surface area contributed by atoms with Gasteiger partial charge in [-0.1, -0.05) is 78.9 Å². The maximum Gasteiger partial charge on any atom is 0.342 e. The first-order valence-corrected chi connectivity index (χ1v) is 10.6. The summed E-state index contributed by atoms with van der Waals surface area (Å²) in [6.07, 6.45) is 0. The highest BCUT2D eigenvalue weighted by Gasteiger charge is 2.25. The second-order valence-electron chi connectivity index (χ2n) is 7.59. The lowest BCUT2D eigenvalue weighted by Crippen LogP contribution is -2.31. The number of esters is 1. The van der Waals surface area contributed by atoms with Crippen molar-refractivity contribution in [1.82, 2.24) is 8.97 Å². The Morgan fingerprint density at radius 3 is 2.22 bits per heavy atom. The molecular weight excluding hydrogens is 400 g/mol. The predicted octanol–water partition coefficient (Wildman–Crippen LogP) is 5.15. The van der Waals surface area contributed by atoms with Crippen LogP contribution in [-0.2, 0) is 11.3 Å². The maximum atomic E-state index is 13.9. The number of carbonyl (C=O) groups is 1.